The number of amides is 4. The second-order valence-corrected chi connectivity index (χ2v) is 16.9. The first-order valence-corrected chi connectivity index (χ1v) is 21.3. The van der Waals surface area contributed by atoms with Crippen molar-refractivity contribution >= 4 is 139 Å². The normalized spacial score (nSPS) is 13.2. The van der Waals surface area contributed by atoms with Crippen molar-refractivity contribution in [1.29, 1.82) is 0 Å². The van der Waals surface area contributed by atoms with Gasteiger partial charge in [-0.2, -0.15) is 20.5 Å². The van der Waals surface area contributed by atoms with Crippen LogP contribution < -0.4 is 21.3 Å². The van der Waals surface area contributed by atoms with E-state index >= 15 is 0 Å². The van der Waals surface area contributed by atoms with Crippen molar-refractivity contribution in [1.82, 2.24) is 0 Å². The SMILES string of the molecule is CC(=O)C(N=Nc1ccc(Cl)c(C(=O)Nc2cccc(C(C)Cl)c2)c1)C(=O)Nc1cc(Cl)c(NC(=O)C(N=Nc2ccc(Cl)c(C(=O)Nc3cccc(C(C)Cl)c3)c2)C(C)=O)cc1Cl. The molecular weight excluding hydrogens is 949 g/mol. The van der Waals surface area contributed by atoms with E-state index in [1.54, 1.807) is 50.2 Å². The molecule has 0 spiro atoms. The summed E-state index contributed by atoms with van der Waals surface area (Å²) in [4.78, 5) is 78.0. The molecule has 4 N–H and O–H groups in total. The van der Waals surface area contributed by atoms with Crippen LogP contribution in [-0.2, 0) is 19.2 Å². The van der Waals surface area contributed by atoms with Crippen LogP contribution in [0, 0.1) is 0 Å². The molecule has 5 rings (SSSR count). The van der Waals surface area contributed by atoms with Gasteiger partial charge < -0.3 is 21.3 Å². The molecule has 0 bridgehead atoms. The molecule has 0 aromatic heterocycles. The van der Waals surface area contributed by atoms with E-state index in [9.17, 15) is 28.8 Å². The summed E-state index contributed by atoms with van der Waals surface area (Å²) < 4.78 is 0. The van der Waals surface area contributed by atoms with Gasteiger partial charge in [-0.1, -0.05) is 70.7 Å². The highest BCUT2D eigenvalue weighted by atomic mass is 35.5. The number of azo groups is 2. The third-order valence-electron chi connectivity index (χ3n) is 9.01. The molecule has 64 heavy (non-hydrogen) atoms. The fraction of sp³-hybridized carbons (Fsp3) is 0.182. The predicted octanol–water partition coefficient (Wildman–Crippen LogP) is 12.8. The first kappa shape index (κ1) is 49.3. The third-order valence-corrected chi connectivity index (χ3v) is 10.8. The van der Waals surface area contributed by atoms with E-state index in [0.29, 0.717) is 11.4 Å². The molecule has 0 fully saturated rings. The van der Waals surface area contributed by atoms with Crippen molar-refractivity contribution in [3.63, 3.8) is 0 Å². The molecule has 14 nitrogen and oxygen atoms in total. The summed E-state index contributed by atoms with van der Waals surface area (Å²) in [6.07, 6.45) is 0. The van der Waals surface area contributed by atoms with Gasteiger partial charge in [0.05, 0.1) is 64.7 Å². The Morgan fingerprint density at radius 2 is 0.859 bits per heavy atom. The Kier molecular flexibility index (Phi) is 17.1. The van der Waals surface area contributed by atoms with E-state index < -0.39 is 47.3 Å². The molecule has 0 aliphatic heterocycles. The van der Waals surface area contributed by atoms with Gasteiger partial charge in [0.25, 0.3) is 23.6 Å². The average molecular weight is 986 g/mol. The van der Waals surface area contributed by atoms with Crippen molar-refractivity contribution in [3.8, 4) is 0 Å². The van der Waals surface area contributed by atoms with E-state index in [4.69, 9.17) is 69.6 Å². The minimum atomic E-state index is -1.66. The van der Waals surface area contributed by atoms with Crippen LogP contribution in [0.5, 0.6) is 0 Å². The topological polar surface area (TPSA) is 200 Å². The monoisotopic (exact) mass is 982 g/mol. The lowest BCUT2D eigenvalue weighted by atomic mass is 10.1. The number of nitrogens with one attached hydrogen (secondary N) is 4. The molecule has 4 atom stereocenters. The number of halogens is 6. The highest BCUT2D eigenvalue weighted by Crippen LogP contribution is 2.34. The number of Topliss-reactive ketones (excluding diaryl/α,β-unsaturated/α-hetero) is 2. The van der Waals surface area contributed by atoms with Gasteiger partial charge in [-0.25, -0.2) is 0 Å². The number of ketones is 2. The van der Waals surface area contributed by atoms with Crippen LogP contribution in [0.15, 0.2) is 118 Å². The lowest BCUT2D eigenvalue weighted by molar-refractivity contribution is -0.127. The molecule has 0 heterocycles. The van der Waals surface area contributed by atoms with E-state index in [2.05, 4.69) is 41.7 Å². The summed E-state index contributed by atoms with van der Waals surface area (Å²) in [5, 5.41) is 25.7. The van der Waals surface area contributed by atoms with Gasteiger partial charge in [0.1, 0.15) is 0 Å². The number of carbonyl (C=O) groups is 6. The van der Waals surface area contributed by atoms with Gasteiger partial charge in [-0.15, -0.1) is 23.2 Å². The third kappa shape index (κ3) is 13.2. The number of hydrogen-bond donors (Lipinski definition) is 4. The van der Waals surface area contributed by atoms with Gasteiger partial charge in [0.15, 0.2) is 11.6 Å². The zero-order chi connectivity index (χ0) is 46.8. The number of hydrogen-bond acceptors (Lipinski definition) is 10. The lowest BCUT2D eigenvalue weighted by Crippen LogP contribution is -2.32. The van der Waals surface area contributed by atoms with E-state index in [1.807, 2.05) is 12.1 Å². The van der Waals surface area contributed by atoms with Crippen molar-refractivity contribution < 1.29 is 28.8 Å². The van der Waals surface area contributed by atoms with E-state index in [1.165, 1.54) is 48.5 Å². The van der Waals surface area contributed by atoms with Crippen molar-refractivity contribution in [2.75, 3.05) is 21.3 Å². The Hall–Kier alpha value is -5.74. The Balaban J connectivity index is 1.25. The summed E-state index contributed by atoms with van der Waals surface area (Å²) in [5.74, 6) is -4.32. The number of alkyl halides is 2. The zero-order valence-corrected chi connectivity index (χ0v) is 38.6. The molecule has 5 aromatic carbocycles. The maximum absolute atomic E-state index is 13.3. The van der Waals surface area contributed by atoms with Crippen LogP contribution in [0.4, 0.5) is 34.1 Å². The molecule has 0 aliphatic carbocycles. The summed E-state index contributed by atoms with van der Waals surface area (Å²) in [6, 6.07) is 21.4. The minimum Gasteiger partial charge on any atom is -0.322 e. The molecule has 330 valence electrons. The van der Waals surface area contributed by atoms with Crippen LogP contribution in [0.3, 0.4) is 0 Å². The minimum absolute atomic E-state index is 0.0512. The Morgan fingerprint density at radius 3 is 1.20 bits per heavy atom. The Bertz CT molecular complexity index is 2530. The highest BCUT2D eigenvalue weighted by molar-refractivity contribution is 6.38. The zero-order valence-electron chi connectivity index (χ0n) is 34.1. The Morgan fingerprint density at radius 1 is 0.484 bits per heavy atom. The van der Waals surface area contributed by atoms with Gasteiger partial charge in [-0.3, -0.25) is 28.8 Å². The van der Waals surface area contributed by atoms with Gasteiger partial charge in [-0.05, 0) is 112 Å². The molecular formula is C44H36Cl6N8O6. The molecule has 4 amide bonds. The number of nitrogens with zero attached hydrogens (tertiary/aromatic N) is 4. The van der Waals surface area contributed by atoms with Gasteiger partial charge in [0, 0.05) is 11.4 Å². The largest absolute Gasteiger partial charge is 0.322 e. The average Bonchev–Trinajstić information content (AvgIpc) is 3.23. The number of anilines is 4. The van der Waals surface area contributed by atoms with Crippen molar-refractivity contribution in [2.24, 2.45) is 20.5 Å². The quantitative estimate of drug-likeness (QED) is 0.0430. The maximum Gasteiger partial charge on any atom is 0.258 e. The van der Waals surface area contributed by atoms with E-state index in [0.717, 1.165) is 25.0 Å². The second-order valence-electron chi connectivity index (χ2n) is 14.0. The number of benzene rings is 5. The van der Waals surface area contributed by atoms with Crippen molar-refractivity contribution in [2.45, 2.75) is 50.5 Å². The van der Waals surface area contributed by atoms with Gasteiger partial charge >= 0.3 is 0 Å². The molecule has 0 saturated carbocycles. The smallest absolute Gasteiger partial charge is 0.258 e. The molecule has 5 aromatic rings. The standard InChI is InChI=1S/C44H36Cl6N8O6/c1-21(45)25-7-5-9-27(15-25)51-41(61)31-17-29(11-13-33(31)47)55-57-39(23(3)59)43(63)53-37-19-36(50)38(20-35(37)49)54-44(64)40(24(4)60)58-56-30-12-14-34(48)32(18-30)42(62)52-28-10-6-8-26(16-28)22(2)46/h5-22,39-40H,1-4H3,(H,51,61)(H,52,62)(H,53,63)(H,54,64). The molecule has 4 unspecified atom stereocenters. The van der Waals surface area contributed by atoms with Crippen LogP contribution in [0.25, 0.3) is 0 Å². The Labute approximate surface area is 397 Å². The van der Waals surface area contributed by atoms with Crippen LogP contribution in [0.2, 0.25) is 20.1 Å². The molecule has 0 saturated heterocycles. The predicted molar refractivity (Wildman–Crippen MR) is 252 cm³/mol. The second kappa shape index (κ2) is 22.2. The molecule has 0 radical (unpaired) electrons. The maximum atomic E-state index is 13.3. The van der Waals surface area contributed by atoms with Crippen LogP contribution >= 0.6 is 69.6 Å². The summed E-state index contributed by atoms with van der Waals surface area (Å²) in [7, 11) is 0. The lowest BCUT2D eigenvalue weighted by Gasteiger charge is -2.15. The number of carbonyl (C=O) groups excluding carboxylic acids is 6. The van der Waals surface area contributed by atoms with Crippen LogP contribution in [0.1, 0.15) is 70.3 Å². The fourth-order valence-electron chi connectivity index (χ4n) is 5.65. The summed E-state index contributed by atoms with van der Waals surface area (Å²) in [5.41, 5.74) is 2.78. The van der Waals surface area contributed by atoms with Crippen molar-refractivity contribution in [3.05, 3.63) is 139 Å². The highest BCUT2D eigenvalue weighted by Gasteiger charge is 2.27. The molecule has 0 aliphatic rings. The first-order valence-electron chi connectivity index (χ1n) is 18.9. The van der Waals surface area contributed by atoms with Crippen LogP contribution in [-0.4, -0.2) is 47.3 Å². The summed E-state index contributed by atoms with van der Waals surface area (Å²) >= 11 is 37.9. The molecule has 20 heteroatoms. The van der Waals surface area contributed by atoms with E-state index in [-0.39, 0.29) is 64.7 Å². The number of rotatable bonds is 16. The summed E-state index contributed by atoms with van der Waals surface area (Å²) in [6.45, 7) is 5.85. The van der Waals surface area contributed by atoms with Gasteiger partial charge in [0.2, 0.25) is 12.1 Å². The fourth-order valence-corrected chi connectivity index (χ4v) is 6.75. The first-order chi connectivity index (χ1) is 30.3.